The predicted molar refractivity (Wildman–Crippen MR) is 127 cm³/mol. The van der Waals surface area contributed by atoms with Gasteiger partial charge in [0.05, 0.1) is 19.9 Å². The third kappa shape index (κ3) is 5.00. The van der Waals surface area contributed by atoms with Crippen LogP contribution in [0.2, 0.25) is 0 Å². The van der Waals surface area contributed by atoms with Gasteiger partial charge in [0.15, 0.2) is 5.78 Å². The number of amides is 1. The molecule has 4 rings (SSSR count). The van der Waals surface area contributed by atoms with E-state index in [1.54, 1.807) is 61.7 Å². The zero-order chi connectivity index (χ0) is 23.6. The molecule has 0 saturated heterocycles. The van der Waals surface area contributed by atoms with Gasteiger partial charge in [-0.1, -0.05) is 18.2 Å². The number of fused-ring (bicyclic) bond motifs is 1. The van der Waals surface area contributed by atoms with E-state index in [1.807, 2.05) is 18.2 Å². The summed E-state index contributed by atoms with van der Waals surface area (Å²) in [6.45, 7) is 4.60. The molecule has 0 atom stereocenters. The van der Waals surface area contributed by atoms with Gasteiger partial charge in [0.1, 0.15) is 11.5 Å². The second kappa shape index (κ2) is 8.98. The number of benzene rings is 2. The van der Waals surface area contributed by atoms with Crippen LogP contribution >= 0.6 is 0 Å². The molecular weight excluding hydrogens is 416 g/mol. The van der Waals surface area contributed by atoms with Crippen LogP contribution in [0.1, 0.15) is 51.5 Å². The highest BCUT2D eigenvalue weighted by atomic mass is 16.5. The molecule has 1 aliphatic heterocycles. The van der Waals surface area contributed by atoms with Crippen LogP contribution in [0.3, 0.4) is 0 Å². The number of hydrogen-bond acceptors (Lipinski definition) is 5. The monoisotopic (exact) mass is 444 g/mol. The first-order valence-electron chi connectivity index (χ1n) is 10.9. The average Bonchev–Trinajstić information content (AvgIpc) is 3.30. The van der Waals surface area contributed by atoms with Crippen LogP contribution in [-0.2, 0) is 13.0 Å². The van der Waals surface area contributed by atoms with Gasteiger partial charge in [-0.3, -0.25) is 9.59 Å². The molecule has 1 N–H and O–H groups in total. The minimum Gasteiger partial charge on any atom is -0.497 e. The highest BCUT2D eigenvalue weighted by molar-refractivity contribution is 6.09. The number of nitrogens with zero attached hydrogens (tertiary/aromatic N) is 1. The number of allylic oxidation sites excluding steroid dienone is 1. The molecule has 0 aliphatic carbocycles. The van der Waals surface area contributed by atoms with Crippen molar-refractivity contribution in [3.05, 3.63) is 95.0 Å². The summed E-state index contributed by atoms with van der Waals surface area (Å²) >= 11 is 0. The minimum atomic E-state index is -0.178. The first kappa shape index (κ1) is 22.4. The Balaban J connectivity index is 1.54. The summed E-state index contributed by atoms with van der Waals surface area (Å²) in [6.07, 6.45) is 4.05. The molecule has 1 amide bonds. The molecule has 0 fully saturated rings. The van der Waals surface area contributed by atoms with Crippen LogP contribution in [-0.4, -0.2) is 36.3 Å². The molecule has 0 saturated carbocycles. The number of ether oxygens (including phenoxy) is 1. The molecule has 6 nitrogen and oxygen atoms in total. The average molecular weight is 445 g/mol. The molecule has 170 valence electrons. The van der Waals surface area contributed by atoms with Gasteiger partial charge in [-0.2, -0.15) is 0 Å². The largest absolute Gasteiger partial charge is 0.497 e. The van der Waals surface area contributed by atoms with Crippen molar-refractivity contribution in [2.45, 2.75) is 32.4 Å². The Labute approximate surface area is 193 Å². The van der Waals surface area contributed by atoms with Crippen molar-refractivity contribution in [3.63, 3.8) is 0 Å². The summed E-state index contributed by atoms with van der Waals surface area (Å²) in [6, 6.07) is 16.3. The minimum absolute atomic E-state index is 0.132. The molecule has 6 heteroatoms. The lowest BCUT2D eigenvalue weighted by Crippen LogP contribution is -2.43. The Morgan fingerprint density at radius 2 is 1.85 bits per heavy atom. The second-order valence-corrected chi connectivity index (χ2v) is 8.95. The summed E-state index contributed by atoms with van der Waals surface area (Å²) in [7, 11) is 3.35. The van der Waals surface area contributed by atoms with Crippen LogP contribution in [0.25, 0.3) is 5.70 Å². The van der Waals surface area contributed by atoms with E-state index in [1.165, 1.54) is 5.56 Å². The van der Waals surface area contributed by atoms with Crippen molar-refractivity contribution in [1.82, 2.24) is 10.2 Å². The molecule has 0 radical (unpaired) electrons. The van der Waals surface area contributed by atoms with Crippen LogP contribution < -0.4 is 10.1 Å². The summed E-state index contributed by atoms with van der Waals surface area (Å²) in [4.78, 5) is 27.3. The normalized spacial score (nSPS) is 15.5. The quantitative estimate of drug-likeness (QED) is 0.440. The van der Waals surface area contributed by atoms with Gasteiger partial charge in [0.2, 0.25) is 0 Å². The standard InChI is InChI=1S/C27H28N2O4/c1-27(2)16-20-11-12-21(32-4)14-23(20)24(28-27)15-25(30)18-7-9-19(10-8-18)26(31)29(3)17-22-6-5-13-33-22/h5-15,28H,16-17H2,1-4H3/b24-15-. The zero-order valence-electron chi connectivity index (χ0n) is 19.3. The maximum absolute atomic E-state index is 13.1. The summed E-state index contributed by atoms with van der Waals surface area (Å²) in [5.74, 6) is 1.19. The molecule has 3 aromatic rings. The van der Waals surface area contributed by atoms with E-state index in [4.69, 9.17) is 9.15 Å². The number of hydrogen-bond donors (Lipinski definition) is 1. The molecule has 2 heterocycles. The zero-order valence-corrected chi connectivity index (χ0v) is 19.3. The van der Waals surface area contributed by atoms with E-state index in [9.17, 15) is 9.59 Å². The lowest BCUT2D eigenvalue weighted by atomic mass is 9.85. The smallest absolute Gasteiger partial charge is 0.254 e. The summed E-state index contributed by atoms with van der Waals surface area (Å²) in [5.41, 5.74) is 3.75. The maximum Gasteiger partial charge on any atom is 0.254 e. The number of carbonyl (C=O) groups is 2. The van der Waals surface area contributed by atoms with E-state index in [-0.39, 0.29) is 17.2 Å². The predicted octanol–water partition coefficient (Wildman–Crippen LogP) is 4.71. The van der Waals surface area contributed by atoms with E-state index < -0.39 is 0 Å². The summed E-state index contributed by atoms with van der Waals surface area (Å²) in [5, 5.41) is 3.48. The van der Waals surface area contributed by atoms with Gasteiger partial charge < -0.3 is 19.4 Å². The number of nitrogens with one attached hydrogen (secondary N) is 1. The number of carbonyl (C=O) groups excluding carboxylic acids is 2. The molecule has 0 bridgehead atoms. The van der Waals surface area contributed by atoms with Gasteiger partial charge in [0.25, 0.3) is 5.91 Å². The fraction of sp³-hybridized carbons (Fsp3) is 0.259. The van der Waals surface area contributed by atoms with Gasteiger partial charge in [-0.05, 0) is 62.2 Å². The van der Waals surface area contributed by atoms with Crippen LogP contribution in [0.15, 0.2) is 71.4 Å². The van der Waals surface area contributed by atoms with Gasteiger partial charge >= 0.3 is 0 Å². The number of rotatable bonds is 6. The highest BCUT2D eigenvalue weighted by Crippen LogP contribution is 2.32. The van der Waals surface area contributed by atoms with E-state index >= 15 is 0 Å². The van der Waals surface area contributed by atoms with E-state index in [2.05, 4.69) is 25.2 Å². The van der Waals surface area contributed by atoms with Crippen LogP contribution in [0.5, 0.6) is 5.75 Å². The number of furan rings is 1. The lowest BCUT2D eigenvalue weighted by Gasteiger charge is -2.35. The number of ketones is 1. The van der Waals surface area contributed by atoms with Gasteiger partial charge in [-0.25, -0.2) is 0 Å². The Morgan fingerprint density at radius 1 is 1.12 bits per heavy atom. The molecule has 1 aliphatic rings. The SMILES string of the molecule is COc1ccc2c(c1)/C(=C/C(=O)c1ccc(C(=O)N(C)Cc3ccco3)cc1)NC(C)(C)C2. The van der Waals surface area contributed by atoms with Gasteiger partial charge in [0, 0.05) is 41.1 Å². The van der Waals surface area contributed by atoms with Crippen molar-refractivity contribution in [3.8, 4) is 5.75 Å². The fourth-order valence-electron chi connectivity index (χ4n) is 4.07. The van der Waals surface area contributed by atoms with Crippen molar-refractivity contribution >= 4 is 17.4 Å². The Kier molecular flexibility index (Phi) is 6.09. The first-order chi connectivity index (χ1) is 15.8. The summed E-state index contributed by atoms with van der Waals surface area (Å²) < 4.78 is 10.7. The van der Waals surface area contributed by atoms with Crippen molar-refractivity contribution in [2.75, 3.05) is 14.2 Å². The Hall–Kier alpha value is -3.80. The van der Waals surface area contributed by atoms with Crippen molar-refractivity contribution < 1.29 is 18.7 Å². The topological polar surface area (TPSA) is 71.8 Å². The fourth-order valence-corrected chi connectivity index (χ4v) is 4.07. The van der Waals surface area contributed by atoms with Crippen molar-refractivity contribution in [1.29, 1.82) is 0 Å². The highest BCUT2D eigenvalue weighted by Gasteiger charge is 2.28. The molecule has 0 spiro atoms. The third-order valence-corrected chi connectivity index (χ3v) is 5.72. The van der Waals surface area contributed by atoms with E-state index in [0.717, 1.165) is 23.4 Å². The molecule has 33 heavy (non-hydrogen) atoms. The molecule has 2 aromatic carbocycles. The van der Waals surface area contributed by atoms with Crippen LogP contribution in [0.4, 0.5) is 0 Å². The van der Waals surface area contributed by atoms with Crippen molar-refractivity contribution in [2.24, 2.45) is 0 Å². The Bertz CT molecular complexity index is 1190. The second-order valence-electron chi connectivity index (χ2n) is 8.95. The van der Waals surface area contributed by atoms with Gasteiger partial charge in [-0.15, -0.1) is 0 Å². The molecule has 1 aromatic heterocycles. The van der Waals surface area contributed by atoms with E-state index in [0.29, 0.717) is 23.4 Å². The maximum atomic E-state index is 13.1. The molecular formula is C27H28N2O4. The number of methoxy groups -OCH3 is 1. The third-order valence-electron chi connectivity index (χ3n) is 5.72. The lowest BCUT2D eigenvalue weighted by molar-refractivity contribution is 0.0775. The molecule has 0 unspecified atom stereocenters. The van der Waals surface area contributed by atoms with Crippen LogP contribution in [0, 0.1) is 0 Å². The Morgan fingerprint density at radius 3 is 2.52 bits per heavy atom. The first-order valence-corrected chi connectivity index (χ1v) is 10.9.